The molecule has 0 fully saturated rings. The molecular formula is C13H11ClF2N2S2. The smallest absolute Gasteiger partial charge is 0.182 e. The van der Waals surface area contributed by atoms with Gasteiger partial charge in [0.1, 0.15) is 4.99 Å². The van der Waals surface area contributed by atoms with Crippen LogP contribution in [0, 0.1) is 11.6 Å². The summed E-state index contributed by atoms with van der Waals surface area (Å²) in [6.07, 6.45) is 0. The summed E-state index contributed by atoms with van der Waals surface area (Å²) in [6.45, 7) is 0.431. The zero-order valence-corrected chi connectivity index (χ0v) is 12.9. The van der Waals surface area contributed by atoms with Gasteiger partial charge in [0.05, 0.1) is 16.6 Å². The lowest BCUT2D eigenvalue weighted by Gasteiger charge is -2.20. The third-order valence-corrected chi connectivity index (χ3v) is 4.20. The van der Waals surface area contributed by atoms with E-state index in [2.05, 4.69) is 12.2 Å². The molecule has 0 radical (unpaired) electrons. The lowest BCUT2D eigenvalue weighted by molar-refractivity contribution is 0.506. The molecule has 0 spiro atoms. The number of anilines is 1. The minimum Gasteiger partial charge on any atom is -0.389 e. The van der Waals surface area contributed by atoms with Crippen LogP contribution >= 0.6 is 35.2 Å². The molecule has 0 atom stereocenters. The van der Waals surface area contributed by atoms with E-state index in [4.69, 9.17) is 17.3 Å². The number of rotatable bonds is 4. The number of thiocarbonyl (C=S) groups is 1. The Kier molecular flexibility index (Phi) is 4.57. The molecule has 0 bridgehead atoms. The summed E-state index contributed by atoms with van der Waals surface area (Å²) in [5, 5.41) is 0. The van der Waals surface area contributed by atoms with Crippen LogP contribution in [0.1, 0.15) is 10.4 Å². The Labute approximate surface area is 129 Å². The second kappa shape index (κ2) is 6.03. The Morgan fingerprint density at radius 1 is 1.30 bits per heavy atom. The molecule has 2 rings (SSSR count). The molecule has 0 unspecified atom stereocenters. The summed E-state index contributed by atoms with van der Waals surface area (Å²) >= 11 is 11.9. The fourth-order valence-electron chi connectivity index (χ4n) is 1.78. The van der Waals surface area contributed by atoms with Crippen LogP contribution in [0.5, 0.6) is 0 Å². The second-order valence-electron chi connectivity index (χ2n) is 4.19. The number of benzene rings is 1. The first-order valence-corrected chi connectivity index (χ1v) is 7.23. The summed E-state index contributed by atoms with van der Waals surface area (Å²) in [5.74, 6) is -1.98. The summed E-state index contributed by atoms with van der Waals surface area (Å²) in [4.78, 5) is 2.39. The largest absolute Gasteiger partial charge is 0.389 e. The van der Waals surface area contributed by atoms with Crippen molar-refractivity contribution in [1.29, 1.82) is 0 Å². The quantitative estimate of drug-likeness (QED) is 0.860. The lowest BCUT2D eigenvalue weighted by atomic mass is 10.1. The van der Waals surface area contributed by atoms with Crippen molar-refractivity contribution in [2.24, 2.45) is 5.73 Å². The van der Waals surface area contributed by atoms with Crippen molar-refractivity contribution in [3.63, 3.8) is 0 Å². The van der Waals surface area contributed by atoms with Gasteiger partial charge >= 0.3 is 0 Å². The first kappa shape index (κ1) is 15.2. The summed E-state index contributed by atoms with van der Waals surface area (Å²) in [5.41, 5.74) is 5.39. The summed E-state index contributed by atoms with van der Waals surface area (Å²) < 4.78 is 28.5. The third-order valence-electron chi connectivity index (χ3n) is 2.76. The van der Waals surface area contributed by atoms with Crippen LogP contribution in [0.3, 0.4) is 0 Å². The minimum atomic E-state index is -1.02. The van der Waals surface area contributed by atoms with Crippen molar-refractivity contribution in [2.75, 3.05) is 11.9 Å². The molecule has 106 valence electrons. The Balaban J connectivity index is 2.28. The van der Waals surface area contributed by atoms with Crippen LogP contribution in [0.15, 0.2) is 24.3 Å². The van der Waals surface area contributed by atoms with Gasteiger partial charge in [0.15, 0.2) is 11.6 Å². The Bertz CT molecular complexity index is 658. The van der Waals surface area contributed by atoms with Crippen molar-refractivity contribution in [3.05, 3.63) is 50.7 Å². The second-order valence-corrected chi connectivity index (χ2v) is 6.43. The maximum Gasteiger partial charge on any atom is 0.182 e. The van der Waals surface area contributed by atoms with E-state index in [9.17, 15) is 8.78 Å². The molecule has 1 aromatic carbocycles. The normalized spacial score (nSPS) is 10.6. The third kappa shape index (κ3) is 3.08. The minimum absolute atomic E-state index is 0.0891. The first-order valence-electron chi connectivity index (χ1n) is 5.63. The van der Waals surface area contributed by atoms with Crippen LogP contribution in [-0.4, -0.2) is 12.0 Å². The molecule has 1 aromatic heterocycles. The number of halogens is 3. The van der Waals surface area contributed by atoms with Crippen LogP contribution in [-0.2, 0) is 6.54 Å². The molecule has 2 nitrogen and oxygen atoms in total. The van der Waals surface area contributed by atoms with Gasteiger partial charge in [-0.2, -0.15) is 0 Å². The molecule has 1 heterocycles. The van der Waals surface area contributed by atoms with Gasteiger partial charge in [0.2, 0.25) is 0 Å². The molecule has 7 heteroatoms. The van der Waals surface area contributed by atoms with E-state index >= 15 is 0 Å². The monoisotopic (exact) mass is 332 g/mol. The maximum atomic E-state index is 14.0. The average molecular weight is 333 g/mol. The van der Waals surface area contributed by atoms with E-state index in [0.717, 1.165) is 4.88 Å². The fraction of sp³-hybridized carbons (Fsp3) is 0.154. The SMILES string of the molecule is CN(Cc1ccc(Cl)s1)c1ccc(C(N)=S)c(F)c1F. The molecule has 0 aliphatic rings. The van der Waals surface area contributed by atoms with E-state index in [1.54, 1.807) is 18.0 Å². The standard InChI is InChI=1S/C13H11ClF2N2S2/c1-18(6-7-2-5-10(14)20-7)9-4-3-8(13(17)19)11(15)12(9)16/h2-5H,6H2,1H3,(H2,17,19). The van der Waals surface area contributed by atoms with Gasteiger partial charge in [0.25, 0.3) is 0 Å². The maximum absolute atomic E-state index is 14.0. The highest BCUT2D eigenvalue weighted by Crippen LogP contribution is 2.27. The first-order chi connectivity index (χ1) is 9.40. The van der Waals surface area contributed by atoms with Gasteiger partial charge in [-0.1, -0.05) is 23.8 Å². The predicted molar refractivity (Wildman–Crippen MR) is 83.7 cm³/mol. The highest BCUT2D eigenvalue weighted by Gasteiger charge is 2.17. The molecule has 0 saturated heterocycles. The Morgan fingerprint density at radius 3 is 2.55 bits per heavy atom. The molecule has 0 amide bonds. The van der Waals surface area contributed by atoms with Gasteiger partial charge in [0, 0.05) is 17.5 Å². The number of nitrogens with zero attached hydrogens (tertiary/aromatic N) is 1. The van der Waals surface area contributed by atoms with E-state index in [-0.39, 0.29) is 16.2 Å². The van der Waals surface area contributed by atoms with Gasteiger partial charge in [-0.3, -0.25) is 0 Å². The zero-order chi connectivity index (χ0) is 14.9. The average Bonchev–Trinajstić information content (AvgIpc) is 2.77. The van der Waals surface area contributed by atoms with Crippen molar-refractivity contribution in [2.45, 2.75) is 6.54 Å². The van der Waals surface area contributed by atoms with Crippen LogP contribution in [0.4, 0.5) is 14.5 Å². The van der Waals surface area contributed by atoms with Crippen molar-refractivity contribution < 1.29 is 8.78 Å². The predicted octanol–water partition coefficient (Wildman–Crippen LogP) is 3.95. The molecule has 2 N–H and O–H groups in total. The molecule has 0 saturated carbocycles. The van der Waals surface area contributed by atoms with Crippen molar-refractivity contribution in [3.8, 4) is 0 Å². The molecule has 0 aliphatic carbocycles. The van der Waals surface area contributed by atoms with Gasteiger partial charge in [-0.05, 0) is 24.3 Å². The number of thiophene rings is 1. The van der Waals surface area contributed by atoms with E-state index in [1.165, 1.54) is 23.5 Å². The number of hydrogen-bond acceptors (Lipinski definition) is 3. The van der Waals surface area contributed by atoms with E-state index in [0.29, 0.717) is 10.9 Å². The van der Waals surface area contributed by atoms with Crippen molar-refractivity contribution >= 4 is 45.8 Å². The van der Waals surface area contributed by atoms with E-state index in [1.807, 2.05) is 6.07 Å². The Hall–Kier alpha value is -1.24. The van der Waals surface area contributed by atoms with Crippen molar-refractivity contribution in [1.82, 2.24) is 0 Å². The zero-order valence-electron chi connectivity index (χ0n) is 10.5. The van der Waals surface area contributed by atoms with Gasteiger partial charge in [-0.15, -0.1) is 11.3 Å². The topological polar surface area (TPSA) is 29.3 Å². The number of hydrogen-bond donors (Lipinski definition) is 1. The van der Waals surface area contributed by atoms with Gasteiger partial charge in [-0.25, -0.2) is 8.78 Å². The molecule has 20 heavy (non-hydrogen) atoms. The fourth-order valence-corrected chi connectivity index (χ4v) is 3.08. The number of nitrogens with two attached hydrogens (primary N) is 1. The molecule has 0 aliphatic heterocycles. The lowest BCUT2D eigenvalue weighted by Crippen LogP contribution is -2.19. The van der Waals surface area contributed by atoms with E-state index < -0.39 is 11.6 Å². The van der Waals surface area contributed by atoms with Crippen LogP contribution in [0.25, 0.3) is 0 Å². The summed E-state index contributed by atoms with van der Waals surface area (Å²) in [7, 11) is 1.67. The van der Waals surface area contributed by atoms with Crippen LogP contribution in [0.2, 0.25) is 4.34 Å². The molecular weight excluding hydrogens is 322 g/mol. The Morgan fingerprint density at radius 2 is 2.00 bits per heavy atom. The highest BCUT2D eigenvalue weighted by atomic mass is 35.5. The van der Waals surface area contributed by atoms with Gasteiger partial charge < -0.3 is 10.6 Å². The summed E-state index contributed by atoms with van der Waals surface area (Å²) in [6, 6.07) is 6.46. The highest BCUT2D eigenvalue weighted by molar-refractivity contribution is 7.80. The van der Waals surface area contributed by atoms with Crippen LogP contribution < -0.4 is 10.6 Å². The molecule has 2 aromatic rings.